The van der Waals surface area contributed by atoms with Crippen molar-refractivity contribution < 1.29 is 9.90 Å². The molecule has 0 amide bonds. The summed E-state index contributed by atoms with van der Waals surface area (Å²) in [6.45, 7) is 2.90. The summed E-state index contributed by atoms with van der Waals surface area (Å²) < 4.78 is 3.96. The van der Waals surface area contributed by atoms with Crippen LogP contribution in [0.4, 0.5) is 0 Å². The summed E-state index contributed by atoms with van der Waals surface area (Å²) in [6, 6.07) is 0. The van der Waals surface area contributed by atoms with Crippen LogP contribution < -0.4 is 5.11 Å². The molecule has 0 aromatic rings. The fourth-order valence-electron chi connectivity index (χ4n) is 5.31. The van der Waals surface area contributed by atoms with Crippen molar-refractivity contribution in [3.63, 3.8) is 0 Å². The van der Waals surface area contributed by atoms with Crippen molar-refractivity contribution in [2.24, 2.45) is 0 Å². The Bertz CT molecular complexity index is 321. The van der Waals surface area contributed by atoms with Crippen molar-refractivity contribution in [1.82, 2.24) is 0 Å². The molecule has 0 aliphatic heterocycles. The van der Waals surface area contributed by atoms with E-state index in [0.717, 1.165) is 6.08 Å². The first-order chi connectivity index (χ1) is 11.7. The zero-order valence-electron chi connectivity index (χ0n) is 15.4. The van der Waals surface area contributed by atoms with Gasteiger partial charge in [-0.05, 0) is 6.08 Å². The third kappa shape index (κ3) is 6.72. The Hall–Kier alpha value is 0.00870. The molecule has 24 heavy (non-hydrogen) atoms. The fraction of sp³-hybridized carbons (Fsp3) is 0.857. The standard InChI is InChI=1S/3C6H11.C3H4O2.Sn/c3*1-2-4-6-5-3-1;1-2-3(4)5;/h3*1H,2-6H2;2H,1H2,(H,4,5);/q;;;;+1/p-1. The van der Waals surface area contributed by atoms with Gasteiger partial charge in [0, 0.05) is 0 Å². The number of rotatable bonds is 4. The van der Waals surface area contributed by atoms with Crippen LogP contribution in [0.3, 0.4) is 0 Å². The van der Waals surface area contributed by atoms with Gasteiger partial charge in [0.25, 0.3) is 0 Å². The molecule has 0 atom stereocenters. The maximum atomic E-state index is 9.14. The van der Waals surface area contributed by atoms with Crippen LogP contribution in [0.15, 0.2) is 12.7 Å². The van der Waals surface area contributed by atoms with Crippen molar-refractivity contribution in [2.45, 2.75) is 108 Å². The van der Waals surface area contributed by atoms with E-state index < -0.39 is 25.7 Å². The number of carboxylic acids is 1. The summed E-state index contributed by atoms with van der Waals surface area (Å²) in [4.78, 5) is 9.14. The van der Waals surface area contributed by atoms with E-state index in [4.69, 9.17) is 9.90 Å². The molecular weight excluding hydrogens is 403 g/mol. The van der Waals surface area contributed by atoms with Crippen LogP contribution in [0, 0.1) is 0 Å². The third-order valence-electron chi connectivity index (χ3n) is 6.40. The topological polar surface area (TPSA) is 40.1 Å². The van der Waals surface area contributed by atoms with Gasteiger partial charge in [0.05, 0.1) is 5.97 Å². The van der Waals surface area contributed by atoms with Crippen LogP contribution in [0.2, 0.25) is 11.8 Å². The van der Waals surface area contributed by atoms with Crippen LogP contribution in [0.5, 0.6) is 0 Å². The summed E-state index contributed by atoms with van der Waals surface area (Å²) in [5, 5.41) is 9.14. The maximum absolute atomic E-state index is 9.14. The minimum Gasteiger partial charge on any atom is -0.545 e. The van der Waals surface area contributed by atoms with Gasteiger partial charge in [-0.25, -0.2) is 0 Å². The van der Waals surface area contributed by atoms with Crippen molar-refractivity contribution in [2.75, 3.05) is 0 Å². The molecule has 3 aliphatic rings. The number of carbonyl (C=O) groups is 1. The molecule has 3 heteroatoms. The van der Waals surface area contributed by atoms with Gasteiger partial charge in [-0.2, -0.15) is 0 Å². The van der Waals surface area contributed by atoms with E-state index in [1.54, 1.807) is 96.3 Å². The molecule has 0 aromatic carbocycles. The van der Waals surface area contributed by atoms with Crippen LogP contribution in [-0.2, 0) is 4.79 Å². The molecule has 0 unspecified atom stereocenters. The monoisotopic (exact) mass is 440 g/mol. The number of hydrogen-bond acceptors (Lipinski definition) is 2. The summed E-state index contributed by atoms with van der Waals surface area (Å²) in [7, 11) is 0. The van der Waals surface area contributed by atoms with E-state index in [-0.39, 0.29) is 0 Å². The zero-order chi connectivity index (χ0) is 17.2. The first-order valence-electron chi connectivity index (χ1n) is 10.4. The summed E-state index contributed by atoms with van der Waals surface area (Å²) in [6.07, 6.45) is 25.0. The van der Waals surface area contributed by atoms with Crippen LogP contribution in [0.25, 0.3) is 0 Å². The molecule has 3 aliphatic carbocycles. The molecular formula is C21H36O2Sn. The summed E-state index contributed by atoms with van der Waals surface area (Å²) >= 11 is -1.15. The second-order valence-electron chi connectivity index (χ2n) is 8.03. The Morgan fingerprint density at radius 1 is 0.708 bits per heavy atom. The minimum atomic E-state index is -1.23. The molecule has 0 radical (unpaired) electrons. The zero-order valence-corrected chi connectivity index (χ0v) is 18.3. The molecule has 0 heterocycles. The predicted molar refractivity (Wildman–Crippen MR) is 101 cm³/mol. The SMILES string of the molecule is C1CC[CH]([Sn+]([CH]2CCCCC2)[CH]2CCCCC2)CC1.C=CC(=O)[O-]. The Balaban J connectivity index is 0.000000368. The maximum Gasteiger partial charge on any atom is 0.0636 e. The summed E-state index contributed by atoms with van der Waals surface area (Å²) in [5.41, 5.74) is 0. The average Bonchev–Trinajstić information content (AvgIpc) is 2.65. The third-order valence-corrected chi connectivity index (χ3v) is 19.4. The van der Waals surface area contributed by atoms with Gasteiger partial charge >= 0.3 is 128 Å². The number of hydrogen-bond donors (Lipinski definition) is 0. The molecule has 3 rings (SSSR count). The molecule has 0 bridgehead atoms. The Morgan fingerprint density at radius 2 is 0.958 bits per heavy atom. The Kier molecular flexibility index (Phi) is 9.81. The molecule has 136 valence electrons. The second-order valence-corrected chi connectivity index (χ2v) is 17.9. The largest absolute Gasteiger partial charge is 0.545 e. The Morgan fingerprint density at radius 3 is 1.17 bits per heavy atom. The normalized spacial score (nSPS) is 23.8. The van der Waals surface area contributed by atoms with E-state index >= 15 is 0 Å². The van der Waals surface area contributed by atoms with E-state index in [1.807, 2.05) is 0 Å². The van der Waals surface area contributed by atoms with E-state index in [2.05, 4.69) is 6.58 Å². The minimum absolute atomic E-state index is 0.722. The van der Waals surface area contributed by atoms with E-state index in [9.17, 15) is 0 Å². The second kappa shape index (κ2) is 11.6. The van der Waals surface area contributed by atoms with Crippen LogP contribution in [0.1, 0.15) is 96.3 Å². The fourth-order valence-corrected chi connectivity index (χ4v) is 20.2. The Labute approximate surface area is 156 Å². The van der Waals surface area contributed by atoms with Gasteiger partial charge in [-0.3, -0.25) is 0 Å². The molecule has 3 saturated carbocycles. The van der Waals surface area contributed by atoms with E-state index in [1.165, 1.54) is 11.8 Å². The molecule has 2 nitrogen and oxygen atoms in total. The smallest absolute Gasteiger partial charge is 0.0636 e. The van der Waals surface area contributed by atoms with Gasteiger partial charge in [0.15, 0.2) is 0 Å². The van der Waals surface area contributed by atoms with Gasteiger partial charge in [-0.1, -0.05) is 6.58 Å². The van der Waals surface area contributed by atoms with Gasteiger partial charge in [-0.15, -0.1) is 0 Å². The average molecular weight is 439 g/mol. The van der Waals surface area contributed by atoms with Crippen LogP contribution in [-0.4, -0.2) is 25.7 Å². The van der Waals surface area contributed by atoms with Crippen molar-refractivity contribution >= 4 is 25.7 Å². The van der Waals surface area contributed by atoms with E-state index in [0.29, 0.717) is 0 Å². The quantitative estimate of drug-likeness (QED) is 0.435. The molecule has 0 spiro atoms. The molecule has 0 N–H and O–H groups in total. The van der Waals surface area contributed by atoms with Crippen molar-refractivity contribution in [1.29, 1.82) is 0 Å². The van der Waals surface area contributed by atoms with Gasteiger partial charge in [0.1, 0.15) is 0 Å². The van der Waals surface area contributed by atoms with Crippen molar-refractivity contribution in [3.05, 3.63) is 12.7 Å². The van der Waals surface area contributed by atoms with Crippen molar-refractivity contribution in [3.8, 4) is 0 Å². The molecule has 0 aromatic heterocycles. The van der Waals surface area contributed by atoms with Gasteiger partial charge < -0.3 is 9.90 Å². The summed E-state index contributed by atoms with van der Waals surface area (Å²) in [5.74, 6) is -1.23. The number of carboxylic acid groups (broad SMARTS) is 1. The molecule has 0 saturated heterocycles. The van der Waals surface area contributed by atoms with Crippen LogP contribution >= 0.6 is 0 Å². The number of aliphatic carboxylic acids is 1. The number of carbonyl (C=O) groups excluding carboxylic acids is 1. The molecule has 3 fully saturated rings. The van der Waals surface area contributed by atoms with Gasteiger partial charge in [0.2, 0.25) is 0 Å². The first kappa shape index (κ1) is 20.3. The predicted octanol–water partition coefficient (Wildman–Crippen LogP) is 5.41. The first-order valence-corrected chi connectivity index (χ1v) is 15.4.